The van der Waals surface area contributed by atoms with Crippen molar-refractivity contribution in [2.24, 2.45) is 11.7 Å². The van der Waals surface area contributed by atoms with Crippen LogP contribution in [0.3, 0.4) is 0 Å². The molecular weight excluding hydrogens is 210 g/mol. The first-order chi connectivity index (χ1) is 8.03. The van der Waals surface area contributed by atoms with Crippen LogP contribution in [0.2, 0.25) is 0 Å². The molecule has 3 nitrogen and oxygen atoms in total. The summed E-state index contributed by atoms with van der Waals surface area (Å²) in [4.78, 5) is 5.20. The smallest absolute Gasteiger partial charge is 0.0226 e. The Morgan fingerprint density at radius 1 is 1.00 bits per heavy atom. The first-order valence-corrected chi connectivity index (χ1v) is 7.26. The Labute approximate surface area is 106 Å². The van der Waals surface area contributed by atoms with E-state index in [1.807, 2.05) is 0 Å². The lowest BCUT2D eigenvalue weighted by atomic mass is 9.95. The molecule has 2 rings (SSSR count). The molecule has 2 saturated heterocycles. The van der Waals surface area contributed by atoms with Gasteiger partial charge in [0.1, 0.15) is 0 Å². The van der Waals surface area contributed by atoms with E-state index in [0.29, 0.717) is 0 Å². The molecule has 0 atom stereocenters. The van der Waals surface area contributed by atoms with Gasteiger partial charge in [-0.2, -0.15) is 0 Å². The van der Waals surface area contributed by atoms with Crippen LogP contribution >= 0.6 is 0 Å². The topological polar surface area (TPSA) is 32.5 Å². The SMILES string of the molecule is CC(C)(N)CN1CCC(CN2CCCC2)CC1. The molecule has 100 valence electrons. The zero-order chi connectivity index (χ0) is 12.3. The maximum absolute atomic E-state index is 6.08. The van der Waals surface area contributed by atoms with E-state index in [1.165, 1.54) is 58.4 Å². The minimum absolute atomic E-state index is 0.0399. The van der Waals surface area contributed by atoms with E-state index < -0.39 is 0 Å². The molecule has 0 saturated carbocycles. The lowest BCUT2D eigenvalue weighted by molar-refractivity contribution is 0.136. The average Bonchev–Trinajstić information content (AvgIpc) is 2.71. The molecule has 2 heterocycles. The molecule has 0 unspecified atom stereocenters. The third-order valence-electron chi connectivity index (χ3n) is 4.05. The second-order valence-corrected chi connectivity index (χ2v) is 6.72. The zero-order valence-electron chi connectivity index (χ0n) is 11.6. The normalized spacial score (nSPS) is 25.6. The second kappa shape index (κ2) is 5.68. The maximum atomic E-state index is 6.08. The third-order valence-corrected chi connectivity index (χ3v) is 4.05. The van der Waals surface area contributed by atoms with E-state index in [0.717, 1.165) is 12.5 Å². The highest BCUT2D eigenvalue weighted by molar-refractivity contribution is 4.82. The molecule has 0 bridgehead atoms. The molecule has 2 aliphatic heterocycles. The number of likely N-dealkylation sites (tertiary alicyclic amines) is 2. The van der Waals surface area contributed by atoms with Gasteiger partial charge in [0.2, 0.25) is 0 Å². The Kier molecular flexibility index (Phi) is 4.45. The van der Waals surface area contributed by atoms with Gasteiger partial charge in [0.05, 0.1) is 0 Å². The number of rotatable bonds is 4. The number of piperidine rings is 1. The van der Waals surface area contributed by atoms with Crippen LogP contribution in [0.25, 0.3) is 0 Å². The van der Waals surface area contributed by atoms with E-state index in [4.69, 9.17) is 5.73 Å². The Bertz CT molecular complexity index is 220. The lowest BCUT2D eigenvalue weighted by Crippen LogP contribution is -2.48. The molecular formula is C14H29N3. The van der Waals surface area contributed by atoms with E-state index in [2.05, 4.69) is 23.6 Å². The standard InChI is InChI=1S/C14H29N3/c1-14(2,15)12-17-9-5-13(6-10-17)11-16-7-3-4-8-16/h13H,3-12,15H2,1-2H3. The van der Waals surface area contributed by atoms with Crippen molar-refractivity contribution in [3.05, 3.63) is 0 Å². The van der Waals surface area contributed by atoms with Crippen LogP contribution in [-0.2, 0) is 0 Å². The summed E-state index contributed by atoms with van der Waals surface area (Å²) in [7, 11) is 0. The molecule has 0 spiro atoms. The van der Waals surface area contributed by atoms with Crippen molar-refractivity contribution >= 4 is 0 Å². The number of nitrogens with zero attached hydrogens (tertiary/aromatic N) is 2. The molecule has 2 fully saturated rings. The van der Waals surface area contributed by atoms with Crippen molar-refractivity contribution in [1.82, 2.24) is 9.80 Å². The number of hydrogen-bond donors (Lipinski definition) is 1. The summed E-state index contributed by atoms with van der Waals surface area (Å²) < 4.78 is 0. The first kappa shape index (κ1) is 13.3. The van der Waals surface area contributed by atoms with Gasteiger partial charge in [0, 0.05) is 18.6 Å². The third kappa shape index (κ3) is 4.57. The van der Waals surface area contributed by atoms with Gasteiger partial charge in [-0.15, -0.1) is 0 Å². The van der Waals surface area contributed by atoms with Crippen LogP contribution in [-0.4, -0.2) is 54.6 Å². The summed E-state index contributed by atoms with van der Waals surface area (Å²) in [5.41, 5.74) is 6.04. The highest BCUT2D eigenvalue weighted by Gasteiger charge is 2.25. The summed E-state index contributed by atoms with van der Waals surface area (Å²) in [5.74, 6) is 0.935. The Morgan fingerprint density at radius 2 is 1.59 bits per heavy atom. The first-order valence-electron chi connectivity index (χ1n) is 7.26. The molecule has 0 aliphatic carbocycles. The van der Waals surface area contributed by atoms with Gasteiger partial charge in [-0.25, -0.2) is 0 Å². The molecule has 0 radical (unpaired) electrons. The summed E-state index contributed by atoms with van der Waals surface area (Å²) >= 11 is 0. The zero-order valence-corrected chi connectivity index (χ0v) is 11.6. The highest BCUT2D eigenvalue weighted by Crippen LogP contribution is 2.21. The maximum Gasteiger partial charge on any atom is 0.0226 e. The van der Waals surface area contributed by atoms with E-state index in [-0.39, 0.29) is 5.54 Å². The summed E-state index contributed by atoms with van der Waals surface area (Å²) in [6.07, 6.45) is 5.57. The predicted molar refractivity (Wildman–Crippen MR) is 73.1 cm³/mol. The minimum Gasteiger partial charge on any atom is -0.324 e. The molecule has 2 aliphatic rings. The second-order valence-electron chi connectivity index (χ2n) is 6.72. The van der Waals surface area contributed by atoms with Crippen LogP contribution in [0.1, 0.15) is 39.5 Å². The lowest BCUT2D eigenvalue weighted by Gasteiger charge is -2.36. The predicted octanol–water partition coefficient (Wildman–Crippen LogP) is 1.53. The van der Waals surface area contributed by atoms with Crippen molar-refractivity contribution in [3.63, 3.8) is 0 Å². The van der Waals surface area contributed by atoms with Crippen molar-refractivity contribution in [3.8, 4) is 0 Å². The average molecular weight is 239 g/mol. The molecule has 0 amide bonds. The number of hydrogen-bond acceptors (Lipinski definition) is 3. The van der Waals surface area contributed by atoms with E-state index in [9.17, 15) is 0 Å². The molecule has 17 heavy (non-hydrogen) atoms. The molecule has 0 aromatic rings. The summed E-state index contributed by atoms with van der Waals surface area (Å²) in [6, 6.07) is 0. The van der Waals surface area contributed by atoms with E-state index in [1.54, 1.807) is 0 Å². The van der Waals surface area contributed by atoms with Gasteiger partial charge in [-0.3, -0.25) is 0 Å². The van der Waals surface area contributed by atoms with Crippen LogP contribution < -0.4 is 5.73 Å². The largest absolute Gasteiger partial charge is 0.324 e. The van der Waals surface area contributed by atoms with E-state index >= 15 is 0 Å². The van der Waals surface area contributed by atoms with Crippen molar-refractivity contribution in [1.29, 1.82) is 0 Å². The van der Waals surface area contributed by atoms with Crippen LogP contribution in [0.5, 0.6) is 0 Å². The van der Waals surface area contributed by atoms with Gasteiger partial charge in [0.15, 0.2) is 0 Å². The van der Waals surface area contributed by atoms with Crippen LogP contribution in [0.4, 0.5) is 0 Å². The van der Waals surface area contributed by atoms with Gasteiger partial charge in [-0.05, 0) is 71.6 Å². The van der Waals surface area contributed by atoms with Crippen molar-refractivity contribution in [2.45, 2.75) is 45.1 Å². The Morgan fingerprint density at radius 3 is 2.12 bits per heavy atom. The monoisotopic (exact) mass is 239 g/mol. The molecule has 0 aromatic heterocycles. The highest BCUT2D eigenvalue weighted by atomic mass is 15.2. The van der Waals surface area contributed by atoms with Crippen LogP contribution in [0, 0.1) is 5.92 Å². The fourth-order valence-corrected chi connectivity index (χ4v) is 3.23. The minimum atomic E-state index is -0.0399. The summed E-state index contributed by atoms with van der Waals surface area (Å²) in [6.45, 7) is 11.8. The summed E-state index contributed by atoms with van der Waals surface area (Å²) in [5, 5.41) is 0. The molecule has 3 heteroatoms. The Hall–Kier alpha value is -0.120. The van der Waals surface area contributed by atoms with Gasteiger partial charge < -0.3 is 15.5 Å². The molecule has 2 N–H and O–H groups in total. The van der Waals surface area contributed by atoms with Gasteiger partial charge in [0.25, 0.3) is 0 Å². The van der Waals surface area contributed by atoms with Crippen molar-refractivity contribution < 1.29 is 0 Å². The Balaban J connectivity index is 1.67. The quantitative estimate of drug-likeness (QED) is 0.807. The van der Waals surface area contributed by atoms with Gasteiger partial charge in [-0.1, -0.05) is 0 Å². The molecule has 0 aromatic carbocycles. The number of nitrogens with two attached hydrogens (primary N) is 1. The fraction of sp³-hybridized carbons (Fsp3) is 1.00. The van der Waals surface area contributed by atoms with Crippen LogP contribution in [0.15, 0.2) is 0 Å². The fourth-order valence-electron chi connectivity index (χ4n) is 3.23. The van der Waals surface area contributed by atoms with Crippen molar-refractivity contribution in [2.75, 3.05) is 39.3 Å². The van der Waals surface area contributed by atoms with Gasteiger partial charge >= 0.3 is 0 Å².